The van der Waals surface area contributed by atoms with E-state index in [0.29, 0.717) is 6.54 Å². The highest BCUT2D eigenvalue weighted by molar-refractivity contribution is 5.95. The average Bonchev–Trinajstić information content (AvgIpc) is 2.24. The fourth-order valence-electron chi connectivity index (χ4n) is 1.28. The summed E-state index contributed by atoms with van der Waals surface area (Å²) >= 11 is 0. The largest absolute Gasteiger partial charge is 0.348 e. The summed E-state index contributed by atoms with van der Waals surface area (Å²) in [6.45, 7) is 0.221. The summed E-state index contributed by atoms with van der Waals surface area (Å²) < 4.78 is 0. The smallest absolute Gasteiger partial charge is 0.274 e. The lowest BCUT2D eigenvalue weighted by molar-refractivity contribution is -0.162. The monoisotopic (exact) mass is 206 g/mol. The Labute approximate surface area is 86.6 Å². The molecule has 0 unspecified atom stereocenters. The van der Waals surface area contributed by atoms with Crippen LogP contribution in [0.4, 0.5) is 4.79 Å². The zero-order valence-electron chi connectivity index (χ0n) is 7.97. The molecular weight excluding hydrogens is 196 g/mol. The molecule has 15 heavy (non-hydrogen) atoms. The molecule has 78 valence electrons. The van der Waals surface area contributed by atoms with Gasteiger partial charge >= 0.3 is 6.03 Å². The first-order valence-electron chi connectivity index (χ1n) is 4.54. The van der Waals surface area contributed by atoms with Crippen LogP contribution in [0.5, 0.6) is 0 Å². The number of rotatable bonds is 2. The minimum absolute atomic E-state index is 0.113. The van der Waals surface area contributed by atoms with E-state index in [4.69, 9.17) is 4.84 Å². The quantitative estimate of drug-likeness (QED) is 0.773. The van der Waals surface area contributed by atoms with Gasteiger partial charge in [0.2, 0.25) is 0 Å². The van der Waals surface area contributed by atoms with Crippen LogP contribution < -0.4 is 5.32 Å². The molecular formula is C10H10N2O3. The van der Waals surface area contributed by atoms with E-state index in [-0.39, 0.29) is 6.61 Å². The molecule has 0 radical (unpaired) electrons. The maximum Gasteiger partial charge on any atom is 0.348 e. The summed E-state index contributed by atoms with van der Waals surface area (Å²) in [7, 11) is 0. The second-order valence-electron chi connectivity index (χ2n) is 3.15. The predicted molar refractivity (Wildman–Crippen MR) is 51.5 cm³/mol. The van der Waals surface area contributed by atoms with Crippen molar-refractivity contribution in [3.8, 4) is 0 Å². The van der Waals surface area contributed by atoms with Gasteiger partial charge in [-0.05, 0) is 5.56 Å². The van der Waals surface area contributed by atoms with Crippen molar-refractivity contribution in [2.24, 2.45) is 0 Å². The molecule has 0 spiro atoms. The number of hydroxylamine groups is 2. The number of imide groups is 1. The van der Waals surface area contributed by atoms with Gasteiger partial charge in [0.15, 0.2) is 6.61 Å². The second kappa shape index (κ2) is 4.10. The number of amides is 3. The van der Waals surface area contributed by atoms with E-state index in [9.17, 15) is 9.59 Å². The molecule has 1 heterocycles. The van der Waals surface area contributed by atoms with E-state index >= 15 is 0 Å². The van der Waals surface area contributed by atoms with Crippen molar-refractivity contribution in [1.82, 2.24) is 10.4 Å². The van der Waals surface area contributed by atoms with Crippen LogP contribution in [0, 0.1) is 0 Å². The molecule has 0 aromatic heterocycles. The number of carbonyl (C=O) groups excluding carboxylic acids is 2. The molecule has 1 N–H and O–H groups in total. The number of hydrogen-bond acceptors (Lipinski definition) is 3. The van der Waals surface area contributed by atoms with Gasteiger partial charge in [0, 0.05) is 0 Å². The average molecular weight is 206 g/mol. The van der Waals surface area contributed by atoms with Crippen LogP contribution in [-0.4, -0.2) is 23.6 Å². The van der Waals surface area contributed by atoms with Gasteiger partial charge in [-0.25, -0.2) is 4.79 Å². The van der Waals surface area contributed by atoms with Gasteiger partial charge in [-0.1, -0.05) is 30.3 Å². The number of hydrogen-bond donors (Lipinski definition) is 1. The van der Waals surface area contributed by atoms with E-state index in [1.807, 2.05) is 30.3 Å². The normalized spacial score (nSPS) is 16.4. The minimum atomic E-state index is -0.518. The Kier molecular flexibility index (Phi) is 2.64. The Morgan fingerprint density at radius 2 is 2.00 bits per heavy atom. The number of nitrogens with one attached hydrogen (secondary N) is 1. The lowest BCUT2D eigenvalue weighted by Gasteiger charge is -2.25. The molecule has 0 aliphatic carbocycles. The maximum absolute atomic E-state index is 11.3. The van der Waals surface area contributed by atoms with Crippen molar-refractivity contribution >= 4 is 11.9 Å². The van der Waals surface area contributed by atoms with Gasteiger partial charge in [0.25, 0.3) is 5.91 Å². The molecule has 0 bridgehead atoms. The third kappa shape index (κ3) is 2.32. The van der Waals surface area contributed by atoms with Crippen molar-refractivity contribution in [2.75, 3.05) is 6.61 Å². The number of carbonyl (C=O) groups is 2. The molecule has 1 aromatic carbocycles. The maximum atomic E-state index is 11.3. The van der Waals surface area contributed by atoms with E-state index in [1.54, 1.807) is 0 Å². The molecule has 0 saturated carbocycles. The first-order chi connectivity index (χ1) is 7.25. The topological polar surface area (TPSA) is 58.6 Å². The molecule has 1 aliphatic heterocycles. The third-order valence-corrected chi connectivity index (χ3v) is 1.99. The SMILES string of the molecule is O=C1CON(Cc2ccccc2)C(=O)N1. The standard InChI is InChI=1S/C10H10N2O3/c13-9-7-15-12(10(14)11-9)6-8-4-2-1-3-5-8/h1-5H,6-7H2,(H,11,13,14). The van der Waals surface area contributed by atoms with E-state index in [1.165, 1.54) is 0 Å². The van der Waals surface area contributed by atoms with Crippen molar-refractivity contribution in [1.29, 1.82) is 0 Å². The Balaban J connectivity index is 2.01. The highest BCUT2D eigenvalue weighted by Crippen LogP contribution is 2.07. The van der Waals surface area contributed by atoms with Crippen molar-refractivity contribution < 1.29 is 14.4 Å². The van der Waals surface area contributed by atoms with Crippen LogP contribution in [0.25, 0.3) is 0 Å². The van der Waals surface area contributed by atoms with Crippen molar-refractivity contribution in [3.05, 3.63) is 35.9 Å². The molecule has 5 heteroatoms. The van der Waals surface area contributed by atoms with E-state index in [2.05, 4.69) is 5.32 Å². The summed E-state index contributed by atoms with van der Waals surface area (Å²) in [6.07, 6.45) is 0. The van der Waals surface area contributed by atoms with Crippen LogP contribution in [0.3, 0.4) is 0 Å². The lowest BCUT2D eigenvalue weighted by Crippen LogP contribution is -2.50. The zero-order valence-corrected chi connectivity index (χ0v) is 7.97. The molecule has 3 amide bonds. The van der Waals surface area contributed by atoms with Gasteiger partial charge in [-0.15, -0.1) is 0 Å². The summed E-state index contributed by atoms with van der Waals surface area (Å²) in [6, 6.07) is 8.89. The fourth-order valence-corrected chi connectivity index (χ4v) is 1.28. The van der Waals surface area contributed by atoms with E-state index in [0.717, 1.165) is 10.6 Å². The molecule has 1 aliphatic rings. The van der Waals surface area contributed by atoms with Gasteiger partial charge in [0.05, 0.1) is 6.54 Å². The Bertz CT molecular complexity index is 378. The highest BCUT2D eigenvalue weighted by Gasteiger charge is 2.23. The summed E-state index contributed by atoms with van der Waals surface area (Å²) in [5.41, 5.74) is 0.946. The van der Waals surface area contributed by atoms with E-state index < -0.39 is 11.9 Å². The van der Waals surface area contributed by atoms with Gasteiger partial charge < -0.3 is 0 Å². The first-order valence-corrected chi connectivity index (χ1v) is 4.54. The van der Waals surface area contributed by atoms with Crippen LogP contribution >= 0.6 is 0 Å². The van der Waals surface area contributed by atoms with Gasteiger partial charge in [-0.2, -0.15) is 5.06 Å². The van der Waals surface area contributed by atoms with Crippen molar-refractivity contribution in [2.45, 2.75) is 6.54 Å². The van der Waals surface area contributed by atoms with Crippen LogP contribution in [0.2, 0.25) is 0 Å². The molecule has 1 saturated heterocycles. The van der Waals surface area contributed by atoms with Crippen molar-refractivity contribution in [3.63, 3.8) is 0 Å². The Hall–Kier alpha value is -1.88. The zero-order chi connectivity index (χ0) is 10.7. The van der Waals surface area contributed by atoms with Crippen LogP contribution in [0.1, 0.15) is 5.56 Å². The highest BCUT2D eigenvalue weighted by atomic mass is 16.7. The Morgan fingerprint density at radius 1 is 1.27 bits per heavy atom. The second-order valence-corrected chi connectivity index (χ2v) is 3.15. The number of urea groups is 1. The van der Waals surface area contributed by atoms with Gasteiger partial charge in [-0.3, -0.25) is 14.9 Å². The minimum Gasteiger partial charge on any atom is -0.274 e. The lowest BCUT2D eigenvalue weighted by atomic mass is 10.2. The summed E-state index contributed by atoms with van der Waals surface area (Å²) in [5.74, 6) is -0.413. The fraction of sp³-hybridized carbons (Fsp3) is 0.200. The summed E-state index contributed by atoms with van der Waals surface area (Å²) in [5, 5.41) is 3.31. The summed E-state index contributed by atoms with van der Waals surface area (Å²) in [4.78, 5) is 27.0. The molecule has 1 aromatic rings. The van der Waals surface area contributed by atoms with Gasteiger partial charge in [0.1, 0.15) is 0 Å². The van der Waals surface area contributed by atoms with Crippen LogP contribution in [0.15, 0.2) is 30.3 Å². The Morgan fingerprint density at radius 3 is 2.67 bits per heavy atom. The third-order valence-electron chi connectivity index (χ3n) is 1.99. The van der Waals surface area contributed by atoms with Crippen LogP contribution in [-0.2, 0) is 16.2 Å². The molecule has 5 nitrogen and oxygen atoms in total. The first kappa shape index (κ1) is 9.67. The molecule has 0 atom stereocenters. The molecule has 2 rings (SSSR count). The molecule has 1 fully saturated rings. The number of benzene rings is 1. The number of nitrogens with zero attached hydrogens (tertiary/aromatic N) is 1. The predicted octanol–water partition coefficient (Wildman–Crippen LogP) is 0.670.